The van der Waals surface area contributed by atoms with Crippen molar-refractivity contribution in [3.63, 3.8) is 0 Å². The third-order valence-corrected chi connectivity index (χ3v) is 4.87. The Morgan fingerprint density at radius 1 is 0.897 bits per heavy atom. The lowest BCUT2D eigenvalue weighted by molar-refractivity contribution is -0.124. The van der Waals surface area contributed by atoms with Gasteiger partial charge in [0.1, 0.15) is 6.54 Å². The molecule has 0 radical (unpaired) electrons. The third-order valence-electron chi connectivity index (χ3n) is 4.87. The molecule has 152 valence electrons. The number of para-hydroxylation sites is 3. The number of nitrogens with zero attached hydrogens (tertiary/aromatic N) is 2. The van der Waals surface area contributed by atoms with Gasteiger partial charge in [0.15, 0.2) is 0 Å². The molecule has 7 nitrogen and oxygen atoms in total. The van der Waals surface area contributed by atoms with Gasteiger partial charge in [-0.1, -0.05) is 37.3 Å². The number of hydrogen-bond acceptors (Lipinski definition) is 3. The number of anilines is 1. The molecule has 0 fully saturated rings. The van der Waals surface area contributed by atoms with Gasteiger partial charge in [0, 0.05) is 12.2 Å². The van der Waals surface area contributed by atoms with Crippen LogP contribution in [0, 0.1) is 13.8 Å². The smallest absolute Gasteiger partial charge is 0.329 e. The highest BCUT2D eigenvalue weighted by atomic mass is 16.2. The zero-order chi connectivity index (χ0) is 21.0. The molecule has 0 saturated heterocycles. The van der Waals surface area contributed by atoms with Crippen LogP contribution in [0.15, 0.2) is 47.3 Å². The topological polar surface area (TPSA) is 85.1 Å². The molecule has 0 atom stereocenters. The summed E-state index contributed by atoms with van der Waals surface area (Å²) >= 11 is 0. The Labute approximate surface area is 169 Å². The molecule has 0 saturated carbocycles. The predicted molar refractivity (Wildman–Crippen MR) is 114 cm³/mol. The molecule has 0 aliphatic rings. The van der Waals surface area contributed by atoms with E-state index >= 15 is 0 Å². The van der Waals surface area contributed by atoms with Crippen molar-refractivity contribution >= 4 is 28.5 Å². The molecule has 0 spiro atoms. The molecule has 2 amide bonds. The highest BCUT2D eigenvalue weighted by Gasteiger charge is 2.15. The summed E-state index contributed by atoms with van der Waals surface area (Å²) in [6.07, 6.45) is 0.818. The van der Waals surface area contributed by atoms with Crippen LogP contribution in [0.3, 0.4) is 0 Å². The maximum Gasteiger partial charge on any atom is 0.329 e. The number of carbonyl (C=O) groups excluding carboxylic acids is 2. The van der Waals surface area contributed by atoms with E-state index in [1.54, 1.807) is 4.57 Å². The van der Waals surface area contributed by atoms with Gasteiger partial charge in [-0.05, 0) is 43.5 Å². The first-order valence-corrected chi connectivity index (χ1v) is 9.73. The van der Waals surface area contributed by atoms with Gasteiger partial charge in [0.05, 0.1) is 17.6 Å². The average Bonchev–Trinajstić information content (AvgIpc) is 2.96. The highest BCUT2D eigenvalue weighted by molar-refractivity contribution is 5.95. The number of rotatable bonds is 7. The molecule has 0 aliphatic heterocycles. The number of nitrogens with one attached hydrogen (secondary N) is 2. The maximum atomic E-state index is 12.7. The Kier molecular flexibility index (Phi) is 6.16. The van der Waals surface area contributed by atoms with Crippen LogP contribution in [0.2, 0.25) is 0 Å². The minimum Gasteiger partial charge on any atom is -0.345 e. The first-order chi connectivity index (χ1) is 13.9. The highest BCUT2D eigenvalue weighted by Crippen LogP contribution is 2.19. The van der Waals surface area contributed by atoms with Gasteiger partial charge < -0.3 is 10.6 Å². The zero-order valence-electron chi connectivity index (χ0n) is 17.0. The lowest BCUT2D eigenvalue weighted by atomic mass is 10.1. The van der Waals surface area contributed by atoms with Crippen LogP contribution in [-0.4, -0.2) is 27.5 Å². The standard InChI is InChI=1S/C22H26N4O3/c1-4-12-25-17-10-5-6-11-18(17)26(22(25)29)14-20(28)23-13-19(27)24-21-15(2)8-7-9-16(21)3/h5-11H,4,12-14H2,1-3H3,(H,23,28)(H,24,27). The van der Waals surface area contributed by atoms with Crippen molar-refractivity contribution in [2.45, 2.75) is 40.3 Å². The lowest BCUT2D eigenvalue weighted by Gasteiger charge is -2.12. The number of aryl methyl sites for hydroxylation is 3. The molecule has 0 unspecified atom stereocenters. The monoisotopic (exact) mass is 394 g/mol. The number of imidazole rings is 1. The number of hydrogen-bond donors (Lipinski definition) is 2. The fourth-order valence-electron chi connectivity index (χ4n) is 3.44. The lowest BCUT2D eigenvalue weighted by Crippen LogP contribution is -2.37. The molecular formula is C22H26N4O3. The van der Waals surface area contributed by atoms with Crippen LogP contribution in [0.5, 0.6) is 0 Å². The van der Waals surface area contributed by atoms with Gasteiger partial charge in [-0.25, -0.2) is 4.79 Å². The van der Waals surface area contributed by atoms with E-state index in [0.717, 1.165) is 28.8 Å². The molecule has 29 heavy (non-hydrogen) atoms. The predicted octanol–water partition coefficient (Wildman–Crippen LogP) is 2.58. The second-order valence-corrected chi connectivity index (χ2v) is 7.10. The van der Waals surface area contributed by atoms with Crippen LogP contribution < -0.4 is 16.3 Å². The SMILES string of the molecule is CCCn1c(=O)n(CC(=O)NCC(=O)Nc2c(C)cccc2C)c2ccccc21. The molecule has 3 aromatic rings. The summed E-state index contributed by atoms with van der Waals surface area (Å²) in [7, 11) is 0. The van der Waals surface area contributed by atoms with Crippen LogP contribution in [0.4, 0.5) is 5.69 Å². The first kappa shape index (κ1) is 20.4. The van der Waals surface area contributed by atoms with E-state index in [1.165, 1.54) is 4.57 Å². The molecule has 3 rings (SSSR count). The quantitative estimate of drug-likeness (QED) is 0.646. The minimum atomic E-state index is -0.386. The van der Waals surface area contributed by atoms with Crippen molar-refractivity contribution in [1.82, 2.24) is 14.5 Å². The number of fused-ring (bicyclic) bond motifs is 1. The number of aromatic nitrogens is 2. The Morgan fingerprint density at radius 3 is 2.14 bits per heavy atom. The third kappa shape index (κ3) is 4.39. The zero-order valence-corrected chi connectivity index (χ0v) is 17.0. The average molecular weight is 394 g/mol. The number of carbonyl (C=O) groups is 2. The largest absolute Gasteiger partial charge is 0.345 e. The van der Waals surface area contributed by atoms with Crippen molar-refractivity contribution in [2.75, 3.05) is 11.9 Å². The van der Waals surface area contributed by atoms with Crippen LogP contribution >= 0.6 is 0 Å². The van der Waals surface area contributed by atoms with Crippen molar-refractivity contribution in [2.24, 2.45) is 0 Å². The van der Waals surface area contributed by atoms with Gasteiger partial charge in [0.25, 0.3) is 0 Å². The molecular weight excluding hydrogens is 368 g/mol. The van der Waals surface area contributed by atoms with Crippen LogP contribution in [0.25, 0.3) is 11.0 Å². The molecule has 0 aliphatic carbocycles. The van der Waals surface area contributed by atoms with Crippen LogP contribution in [-0.2, 0) is 22.7 Å². The summed E-state index contributed by atoms with van der Waals surface area (Å²) in [4.78, 5) is 37.4. The van der Waals surface area contributed by atoms with Gasteiger partial charge in [0.2, 0.25) is 11.8 Å². The van der Waals surface area contributed by atoms with Gasteiger partial charge in [-0.3, -0.25) is 18.7 Å². The summed E-state index contributed by atoms with van der Waals surface area (Å²) in [5, 5.41) is 5.44. The van der Waals surface area contributed by atoms with Gasteiger partial charge >= 0.3 is 5.69 Å². The molecule has 0 bridgehead atoms. The Balaban J connectivity index is 1.68. The Hall–Kier alpha value is -3.35. The summed E-state index contributed by atoms with van der Waals surface area (Å²) in [6, 6.07) is 13.2. The number of amides is 2. The van der Waals surface area contributed by atoms with E-state index < -0.39 is 0 Å². The second kappa shape index (κ2) is 8.77. The minimum absolute atomic E-state index is 0.132. The molecule has 1 heterocycles. The van der Waals surface area contributed by atoms with Crippen molar-refractivity contribution in [3.05, 3.63) is 64.1 Å². The van der Waals surface area contributed by atoms with Gasteiger partial charge in [-0.2, -0.15) is 0 Å². The molecule has 7 heteroatoms. The van der Waals surface area contributed by atoms with E-state index in [9.17, 15) is 14.4 Å². The first-order valence-electron chi connectivity index (χ1n) is 9.73. The van der Waals surface area contributed by atoms with Gasteiger partial charge in [-0.15, -0.1) is 0 Å². The van der Waals surface area contributed by atoms with E-state index in [2.05, 4.69) is 10.6 Å². The van der Waals surface area contributed by atoms with Crippen molar-refractivity contribution in [1.29, 1.82) is 0 Å². The maximum absolute atomic E-state index is 12.7. The van der Waals surface area contributed by atoms with E-state index in [1.807, 2.05) is 63.2 Å². The summed E-state index contributed by atoms with van der Waals surface area (Å²) in [6.45, 7) is 6.13. The normalized spacial score (nSPS) is 10.9. The molecule has 1 aromatic heterocycles. The summed E-state index contributed by atoms with van der Waals surface area (Å²) in [5.41, 5.74) is 3.97. The summed E-state index contributed by atoms with van der Waals surface area (Å²) in [5.74, 6) is -0.695. The van der Waals surface area contributed by atoms with E-state index in [0.29, 0.717) is 12.1 Å². The summed E-state index contributed by atoms with van der Waals surface area (Å²) < 4.78 is 3.13. The fraction of sp³-hybridized carbons (Fsp3) is 0.318. The fourth-order valence-corrected chi connectivity index (χ4v) is 3.44. The second-order valence-electron chi connectivity index (χ2n) is 7.10. The molecule has 2 aromatic carbocycles. The Bertz CT molecular complexity index is 1090. The molecule has 2 N–H and O–H groups in total. The van der Waals surface area contributed by atoms with Crippen molar-refractivity contribution in [3.8, 4) is 0 Å². The van der Waals surface area contributed by atoms with Crippen molar-refractivity contribution < 1.29 is 9.59 Å². The Morgan fingerprint density at radius 2 is 1.52 bits per heavy atom. The van der Waals surface area contributed by atoms with E-state index in [4.69, 9.17) is 0 Å². The number of benzene rings is 2. The van der Waals surface area contributed by atoms with E-state index in [-0.39, 0.29) is 30.6 Å². The van der Waals surface area contributed by atoms with Crippen LogP contribution in [0.1, 0.15) is 24.5 Å².